The van der Waals surface area contributed by atoms with Crippen molar-refractivity contribution >= 4 is 17.5 Å². The predicted octanol–water partition coefficient (Wildman–Crippen LogP) is 4.73. The molecule has 1 aromatic heterocycles. The van der Waals surface area contributed by atoms with E-state index in [2.05, 4.69) is 15.7 Å². The van der Waals surface area contributed by atoms with E-state index in [1.165, 1.54) is 28.9 Å². The maximum absolute atomic E-state index is 13.7. The van der Waals surface area contributed by atoms with Gasteiger partial charge in [0, 0.05) is 23.5 Å². The summed E-state index contributed by atoms with van der Waals surface area (Å²) in [5, 5.41) is 8.81. The molecule has 9 heteroatoms. The smallest absolute Gasteiger partial charge is 0.308 e. The highest BCUT2D eigenvalue weighted by Gasteiger charge is 2.30. The number of hydrogen-bond donors (Lipinski definition) is 2. The molecule has 140 valence electrons. The molecule has 1 heterocycles. The van der Waals surface area contributed by atoms with Crippen molar-refractivity contribution in [3.05, 3.63) is 77.7 Å². The third-order valence-corrected chi connectivity index (χ3v) is 3.62. The number of aromatic nitrogens is 2. The monoisotopic (exact) mass is 378 g/mol. The topological polar surface area (TPSA) is 59.0 Å². The van der Waals surface area contributed by atoms with E-state index in [4.69, 9.17) is 0 Å². The Balaban J connectivity index is 1.62. The van der Waals surface area contributed by atoms with Gasteiger partial charge in [0.1, 0.15) is 5.82 Å². The van der Waals surface area contributed by atoms with E-state index in [1.54, 1.807) is 24.4 Å². The fourth-order valence-corrected chi connectivity index (χ4v) is 2.37. The Bertz CT molecular complexity index is 952. The number of halogens is 4. The van der Waals surface area contributed by atoms with Gasteiger partial charge in [0.05, 0.1) is 12.1 Å². The van der Waals surface area contributed by atoms with Gasteiger partial charge in [-0.25, -0.2) is 9.18 Å². The van der Waals surface area contributed by atoms with Crippen LogP contribution in [0.25, 0.3) is 0 Å². The fraction of sp³-hybridized carbons (Fsp3) is 0.111. The summed E-state index contributed by atoms with van der Waals surface area (Å²) in [7, 11) is 0. The van der Waals surface area contributed by atoms with Crippen molar-refractivity contribution in [3.63, 3.8) is 0 Å². The van der Waals surface area contributed by atoms with Crippen molar-refractivity contribution in [2.45, 2.75) is 12.7 Å². The minimum absolute atomic E-state index is 0.00638. The Morgan fingerprint density at radius 1 is 1.04 bits per heavy atom. The molecule has 5 nitrogen and oxygen atoms in total. The summed E-state index contributed by atoms with van der Waals surface area (Å²) in [6.07, 6.45) is -2.95. The van der Waals surface area contributed by atoms with Gasteiger partial charge in [-0.05, 0) is 24.3 Å². The molecule has 0 unspecified atom stereocenters. The van der Waals surface area contributed by atoms with Crippen molar-refractivity contribution in [2.24, 2.45) is 0 Å². The molecule has 0 aliphatic heterocycles. The number of hydrogen-bond acceptors (Lipinski definition) is 2. The van der Waals surface area contributed by atoms with Crippen molar-refractivity contribution in [1.29, 1.82) is 0 Å². The van der Waals surface area contributed by atoms with Gasteiger partial charge in [-0.15, -0.1) is 0 Å². The van der Waals surface area contributed by atoms with Crippen molar-refractivity contribution in [1.82, 2.24) is 9.78 Å². The second-order valence-electron chi connectivity index (χ2n) is 5.65. The van der Waals surface area contributed by atoms with Crippen molar-refractivity contribution < 1.29 is 22.4 Å². The number of benzene rings is 2. The first-order chi connectivity index (χ1) is 12.8. The standard InChI is InChI=1S/C18H14F4N4O/c19-15-7-2-1-4-12(15)11-26-9-8-16(25-26)24-17(27)23-14-6-3-5-13(10-14)18(20,21)22/h1-10H,11H2,(H2,23,24,25,27). The van der Waals surface area contributed by atoms with Gasteiger partial charge < -0.3 is 5.32 Å². The number of nitrogens with one attached hydrogen (secondary N) is 2. The van der Waals surface area contributed by atoms with E-state index in [0.717, 1.165) is 12.1 Å². The Kier molecular flexibility index (Phi) is 5.11. The van der Waals surface area contributed by atoms with Gasteiger partial charge in [-0.3, -0.25) is 10.00 Å². The van der Waals surface area contributed by atoms with E-state index in [-0.39, 0.29) is 23.9 Å². The van der Waals surface area contributed by atoms with Gasteiger partial charge in [0.15, 0.2) is 5.82 Å². The number of amides is 2. The molecule has 27 heavy (non-hydrogen) atoms. The molecule has 0 aliphatic carbocycles. The molecule has 0 radical (unpaired) electrons. The number of nitrogens with zero attached hydrogens (tertiary/aromatic N) is 2. The first kappa shape index (κ1) is 18.4. The van der Waals surface area contributed by atoms with Crippen LogP contribution in [0.15, 0.2) is 60.8 Å². The lowest BCUT2D eigenvalue weighted by Gasteiger charge is -2.10. The predicted molar refractivity (Wildman–Crippen MR) is 91.8 cm³/mol. The highest BCUT2D eigenvalue weighted by atomic mass is 19.4. The molecule has 0 spiro atoms. The molecule has 2 aromatic carbocycles. The summed E-state index contributed by atoms with van der Waals surface area (Å²) in [5.41, 5.74) is -0.442. The van der Waals surface area contributed by atoms with E-state index < -0.39 is 17.8 Å². The molecule has 3 rings (SSSR count). The van der Waals surface area contributed by atoms with Crippen LogP contribution in [0.3, 0.4) is 0 Å². The summed E-state index contributed by atoms with van der Waals surface area (Å²) in [4.78, 5) is 12.0. The van der Waals surface area contributed by atoms with Crippen LogP contribution in [0.2, 0.25) is 0 Å². The first-order valence-electron chi connectivity index (χ1n) is 7.83. The molecular formula is C18H14F4N4O. The summed E-state index contributed by atoms with van der Waals surface area (Å²) < 4.78 is 53.2. The number of alkyl halides is 3. The normalized spacial score (nSPS) is 11.3. The molecule has 2 N–H and O–H groups in total. The molecule has 0 saturated heterocycles. The lowest BCUT2D eigenvalue weighted by atomic mass is 10.2. The molecule has 2 amide bonds. The molecule has 0 bridgehead atoms. The average Bonchev–Trinajstić information content (AvgIpc) is 3.03. The van der Waals surface area contributed by atoms with Crippen LogP contribution in [0.1, 0.15) is 11.1 Å². The molecule has 0 atom stereocenters. The largest absolute Gasteiger partial charge is 0.416 e. The second kappa shape index (κ2) is 7.48. The summed E-state index contributed by atoms with van der Waals surface area (Å²) in [6, 6.07) is 11.2. The van der Waals surface area contributed by atoms with Crippen molar-refractivity contribution in [2.75, 3.05) is 10.6 Å². The van der Waals surface area contributed by atoms with Gasteiger partial charge in [-0.2, -0.15) is 18.3 Å². The number of rotatable bonds is 4. The SMILES string of the molecule is O=C(Nc1cccc(C(F)(F)F)c1)Nc1ccn(Cc2ccccc2F)n1. The lowest BCUT2D eigenvalue weighted by Crippen LogP contribution is -2.20. The third kappa shape index (κ3) is 4.84. The van der Waals surface area contributed by atoms with Gasteiger partial charge in [0.2, 0.25) is 0 Å². The van der Waals surface area contributed by atoms with E-state index in [0.29, 0.717) is 5.56 Å². The average molecular weight is 378 g/mol. The fourth-order valence-electron chi connectivity index (χ4n) is 2.37. The highest BCUT2D eigenvalue weighted by molar-refractivity contribution is 5.99. The zero-order chi connectivity index (χ0) is 19.4. The number of carbonyl (C=O) groups excluding carboxylic acids is 1. The Morgan fingerprint density at radius 3 is 2.56 bits per heavy atom. The highest BCUT2D eigenvalue weighted by Crippen LogP contribution is 2.30. The van der Waals surface area contributed by atoms with Crippen LogP contribution in [0, 0.1) is 5.82 Å². The maximum Gasteiger partial charge on any atom is 0.416 e. The first-order valence-corrected chi connectivity index (χ1v) is 7.83. The summed E-state index contributed by atoms with van der Waals surface area (Å²) in [6.45, 7) is 0.170. The van der Waals surface area contributed by atoms with Crippen LogP contribution in [0.5, 0.6) is 0 Å². The quantitative estimate of drug-likeness (QED) is 0.645. The number of anilines is 2. The maximum atomic E-state index is 13.7. The van der Waals surface area contributed by atoms with Crippen LogP contribution in [0.4, 0.5) is 33.9 Å². The molecule has 0 saturated carbocycles. The Labute approximate surface area is 151 Å². The van der Waals surface area contributed by atoms with Crippen molar-refractivity contribution in [3.8, 4) is 0 Å². The molecule has 0 aliphatic rings. The van der Waals surface area contributed by atoms with Crippen LogP contribution >= 0.6 is 0 Å². The zero-order valence-corrected chi connectivity index (χ0v) is 13.8. The van der Waals surface area contributed by atoms with Crippen LogP contribution < -0.4 is 10.6 Å². The Hall–Kier alpha value is -3.36. The Morgan fingerprint density at radius 2 is 1.81 bits per heavy atom. The van der Waals surface area contributed by atoms with E-state index >= 15 is 0 Å². The molecule has 0 fully saturated rings. The van der Waals surface area contributed by atoms with Gasteiger partial charge in [0.25, 0.3) is 0 Å². The number of urea groups is 1. The lowest BCUT2D eigenvalue weighted by molar-refractivity contribution is -0.137. The minimum Gasteiger partial charge on any atom is -0.308 e. The number of carbonyl (C=O) groups is 1. The summed E-state index contributed by atoms with van der Waals surface area (Å²) in [5.74, 6) is -0.194. The summed E-state index contributed by atoms with van der Waals surface area (Å²) >= 11 is 0. The zero-order valence-electron chi connectivity index (χ0n) is 13.8. The van der Waals surface area contributed by atoms with E-state index in [9.17, 15) is 22.4 Å². The molecule has 3 aromatic rings. The van der Waals surface area contributed by atoms with Gasteiger partial charge in [-0.1, -0.05) is 24.3 Å². The van der Waals surface area contributed by atoms with Crippen LogP contribution in [-0.2, 0) is 12.7 Å². The second-order valence-corrected chi connectivity index (χ2v) is 5.65. The van der Waals surface area contributed by atoms with Crippen LogP contribution in [-0.4, -0.2) is 15.8 Å². The van der Waals surface area contributed by atoms with Gasteiger partial charge >= 0.3 is 12.2 Å². The molecular weight excluding hydrogens is 364 g/mol. The minimum atomic E-state index is -4.50. The van der Waals surface area contributed by atoms with E-state index in [1.807, 2.05) is 0 Å². The third-order valence-electron chi connectivity index (χ3n) is 3.62.